The Kier molecular flexibility index (Phi) is 7.23. The molecule has 1 saturated carbocycles. The monoisotopic (exact) mass is 495 g/mol. The normalized spacial score (nSPS) is 23.5. The van der Waals surface area contributed by atoms with Gasteiger partial charge in [0.2, 0.25) is 0 Å². The van der Waals surface area contributed by atoms with E-state index in [1.807, 2.05) is 31.2 Å². The number of nitrogens with two attached hydrogens (primary N) is 1. The zero-order chi connectivity index (χ0) is 25.4. The molecule has 2 aromatic carbocycles. The number of benzene rings is 2. The molecule has 0 aromatic heterocycles. The summed E-state index contributed by atoms with van der Waals surface area (Å²) in [5, 5.41) is 8.74. The number of esters is 1. The molecule has 2 unspecified atom stereocenters. The minimum Gasteiger partial charge on any atom is -0.508 e. The first-order chi connectivity index (χ1) is 16.5. The van der Waals surface area contributed by atoms with Crippen molar-refractivity contribution >= 4 is 29.2 Å². The van der Waals surface area contributed by atoms with Gasteiger partial charge in [-0.25, -0.2) is 0 Å². The number of carbonyl (C=O) groups is 2. The number of Topliss-reactive ketones (excluding diaryl/α,β-unsaturated/α-hetero) is 1. The predicted molar refractivity (Wildman–Crippen MR) is 141 cm³/mol. The molecule has 1 aliphatic carbocycles. The molecule has 0 bridgehead atoms. The molecule has 2 aromatic rings. The number of ketones is 1. The van der Waals surface area contributed by atoms with Crippen molar-refractivity contribution in [2.45, 2.75) is 93.8 Å². The maximum absolute atomic E-state index is 13.6. The molecule has 4 rings (SSSR count). The van der Waals surface area contributed by atoms with Crippen LogP contribution in [0.15, 0.2) is 41.3 Å². The van der Waals surface area contributed by atoms with Crippen LogP contribution in [0.3, 0.4) is 0 Å². The molecule has 2 fully saturated rings. The van der Waals surface area contributed by atoms with Crippen molar-refractivity contribution in [1.82, 2.24) is 0 Å². The number of nitrogen functional groups attached to an aromatic ring is 1. The van der Waals surface area contributed by atoms with Crippen LogP contribution in [-0.4, -0.2) is 27.7 Å². The Hall–Kier alpha value is -2.47. The average Bonchev–Trinajstić information content (AvgIpc) is 3.33. The first kappa shape index (κ1) is 25.6. The Morgan fingerprint density at radius 2 is 1.77 bits per heavy atom. The summed E-state index contributed by atoms with van der Waals surface area (Å²) in [4.78, 5) is 27.9. The summed E-state index contributed by atoms with van der Waals surface area (Å²) < 4.78 is 6.28. The summed E-state index contributed by atoms with van der Waals surface area (Å²) in [6.45, 7) is 8.27. The van der Waals surface area contributed by atoms with Gasteiger partial charge in [0.05, 0.1) is 0 Å². The first-order valence-electron chi connectivity index (χ1n) is 12.6. The predicted octanol–water partition coefficient (Wildman–Crippen LogP) is 6.12. The van der Waals surface area contributed by atoms with Gasteiger partial charge < -0.3 is 15.6 Å². The Balaban J connectivity index is 1.58. The lowest BCUT2D eigenvalue weighted by atomic mass is 9.76. The molecule has 1 aliphatic heterocycles. The van der Waals surface area contributed by atoms with Crippen molar-refractivity contribution in [2.75, 3.05) is 5.73 Å². The van der Waals surface area contributed by atoms with Gasteiger partial charge in [-0.2, -0.15) is 0 Å². The smallest absolute Gasteiger partial charge is 0.327 e. The number of hydrogen-bond acceptors (Lipinski definition) is 6. The highest BCUT2D eigenvalue weighted by Crippen LogP contribution is 2.47. The highest BCUT2D eigenvalue weighted by molar-refractivity contribution is 8.01. The van der Waals surface area contributed by atoms with Gasteiger partial charge in [0.15, 0.2) is 11.0 Å². The molecule has 0 radical (unpaired) electrons. The third-order valence-corrected chi connectivity index (χ3v) is 8.86. The quantitative estimate of drug-likeness (QED) is 0.285. The highest BCUT2D eigenvalue weighted by Gasteiger charge is 2.52. The molecule has 35 heavy (non-hydrogen) atoms. The number of thioether (sulfide) groups is 1. The van der Waals surface area contributed by atoms with Crippen molar-refractivity contribution in [3.63, 3.8) is 0 Å². The summed E-state index contributed by atoms with van der Waals surface area (Å²) in [6.07, 6.45) is 5.76. The van der Waals surface area contributed by atoms with E-state index in [1.54, 1.807) is 12.1 Å². The maximum atomic E-state index is 13.6. The van der Waals surface area contributed by atoms with Gasteiger partial charge in [-0.1, -0.05) is 45.7 Å². The minimum atomic E-state index is -0.859. The average molecular weight is 496 g/mol. The highest BCUT2D eigenvalue weighted by atomic mass is 32.2. The summed E-state index contributed by atoms with van der Waals surface area (Å²) in [5.74, 6) is -0.0234. The molecule has 1 heterocycles. The second-order valence-corrected chi connectivity index (χ2v) is 12.4. The van der Waals surface area contributed by atoms with Crippen LogP contribution in [-0.2, 0) is 26.2 Å². The number of ether oxygens (including phenoxy) is 1. The summed E-state index contributed by atoms with van der Waals surface area (Å²) in [6, 6.07) is 11.1. The van der Waals surface area contributed by atoms with Crippen LogP contribution < -0.4 is 5.73 Å². The summed E-state index contributed by atoms with van der Waals surface area (Å²) in [7, 11) is 0. The van der Waals surface area contributed by atoms with E-state index in [2.05, 4.69) is 20.8 Å². The fourth-order valence-corrected chi connectivity index (χ4v) is 6.82. The molecule has 6 heteroatoms. The van der Waals surface area contributed by atoms with Crippen LogP contribution in [0.5, 0.6) is 5.75 Å². The van der Waals surface area contributed by atoms with E-state index in [9.17, 15) is 14.7 Å². The lowest BCUT2D eigenvalue weighted by Gasteiger charge is -2.43. The van der Waals surface area contributed by atoms with Crippen molar-refractivity contribution in [1.29, 1.82) is 0 Å². The van der Waals surface area contributed by atoms with Crippen molar-refractivity contribution in [2.24, 2.45) is 5.92 Å². The summed E-state index contributed by atoms with van der Waals surface area (Å²) >= 11 is 1.31. The van der Waals surface area contributed by atoms with E-state index in [-0.39, 0.29) is 29.3 Å². The summed E-state index contributed by atoms with van der Waals surface area (Å²) in [5.41, 5.74) is 9.01. The second-order valence-electron chi connectivity index (χ2n) is 11.2. The molecule has 1 saturated heterocycles. The number of rotatable bonds is 6. The van der Waals surface area contributed by atoms with Crippen LogP contribution >= 0.6 is 11.8 Å². The molecule has 0 spiro atoms. The number of cyclic esters (lactones) is 1. The van der Waals surface area contributed by atoms with Crippen LogP contribution in [0.25, 0.3) is 0 Å². The maximum Gasteiger partial charge on any atom is 0.327 e. The molecule has 188 valence electrons. The molecule has 5 nitrogen and oxygen atoms in total. The van der Waals surface area contributed by atoms with E-state index in [1.165, 1.54) is 11.8 Å². The molecular weight excluding hydrogens is 458 g/mol. The van der Waals surface area contributed by atoms with Crippen LogP contribution in [0.1, 0.15) is 76.0 Å². The third-order valence-electron chi connectivity index (χ3n) is 7.58. The SMILES string of the molecule is Cc1cc(SC2C(=O)CC(CCc3ccc(O)cc3)(C3CCCC3)OC2=O)c(C(C)(C)C)cc1N. The van der Waals surface area contributed by atoms with E-state index in [0.717, 1.165) is 47.3 Å². The molecule has 2 atom stereocenters. The number of phenols is 1. The lowest BCUT2D eigenvalue weighted by molar-refractivity contribution is -0.177. The van der Waals surface area contributed by atoms with Gasteiger partial charge in [0.1, 0.15) is 11.4 Å². The Bertz CT molecular complexity index is 1080. The number of aryl methyl sites for hydroxylation is 2. The van der Waals surface area contributed by atoms with Crippen LogP contribution in [0, 0.1) is 12.8 Å². The van der Waals surface area contributed by atoms with Crippen LogP contribution in [0.2, 0.25) is 0 Å². The number of aromatic hydroxyl groups is 1. The lowest BCUT2D eigenvalue weighted by Crippen LogP contribution is -2.53. The standard InChI is InChI=1S/C29H37NO4S/c1-18-15-25(22(16-23(18)30)28(2,3)4)35-26-24(32)17-29(34-27(26)33,20-7-5-6-8-20)14-13-19-9-11-21(31)12-10-19/h9-12,15-16,20,26,31H,5-8,13-14,17,30H2,1-4H3. The molecule has 3 N–H and O–H groups in total. The van der Waals surface area contributed by atoms with Gasteiger partial charge in [-0.05, 0) is 84.9 Å². The van der Waals surface area contributed by atoms with Crippen molar-refractivity contribution in [3.05, 3.63) is 53.1 Å². The number of anilines is 1. The number of phenolic OH excluding ortho intramolecular Hbond substituents is 1. The largest absolute Gasteiger partial charge is 0.508 e. The zero-order valence-electron chi connectivity index (χ0n) is 21.2. The van der Waals surface area contributed by atoms with E-state index >= 15 is 0 Å². The first-order valence-corrected chi connectivity index (χ1v) is 13.5. The van der Waals surface area contributed by atoms with Crippen molar-refractivity contribution < 1.29 is 19.4 Å². The van der Waals surface area contributed by atoms with Gasteiger partial charge in [-0.3, -0.25) is 9.59 Å². The number of hydrogen-bond donors (Lipinski definition) is 2. The topological polar surface area (TPSA) is 89.6 Å². The van der Waals surface area contributed by atoms with E-state index in [4.69, 9.17) is 10.5 Å². The Morgan fingerprint density at radius 1 is 1.11 bits per heavy atom. The van der Waals surface area contributed by atoms with Gasteiger partial charge in [-0.15, -0.1) is 11.8 Å². The van der Waals surface area contributed by atoms with Gasteiger partial charge in [0, 0.05) is 17.0 Å². The molecule has 2 aliphatic rings. The van der Waals surface area contributed by atoms with E-state index in [0.29, 0.717) is 18.5 Å². The minimum absolute atomic E-state index is 0.0433. The third kappa shape index (κ3) is 5.53. The Labute approximate surface area is 212 Å². The van der Waals surface area contributed by atoms with Gasteiger partial charge >= 0.3 is 5.97 Å². The Morgan fingerprint density at radius 3 is 2.37 bits per heavy atom. The fourth-order valence-electron chi connectivity index (χ4n) is 5.47. The molecule has 0 amide bonds. The van der Waals surface area contributed by atoms with Gasteiger partial charge in [0.25, 0.3) is 0 Å². The molecular formula is C29H37NO4S. The number of carbonyl (C=O) groups excluding carboxylic acids is 2. The second kappa shape index (κ2) is 9.88. The fraction of sp³-hybridized carbons (Fsp3) is 0.517. The van der Waals surface area contributed by atoms with Crippen molar-refractivity contribution in [3.8, 4) is 5.75 Å². The van der Waals surface area contributed by atoms with Crippen LogP contribution in [0.4, 0.5) is 5.69 Å². The van der Waals surface area contributed by atoms with E-state index < -0.39 is 16.8 Å². The zero-order valence-corrected chi connectivity index (χ0v) is 22.0.